The fourth-order valence-electron chi connectivity index (χ4n) is 3.37. The van der Waals surface area contributed by atoms with Crippen LogP contribution in [0.25, 0.3) is 0 Å². The van der Waals surface area contributed by atoms with Gasteiger partial charge in [0, 0.05) is 6.04 Å². The molecule has 2 aliphatic carbocycles. The molecule has 1 nitrogen and oxygen atoms in total. The lowest BCUT2D eigenvalue weighted by atomic mass is 9.77. The predicted molar refractivity (Wildman–Crippen MR) is 65.9 cm³/mol. The van der Waals surface area contributed by atoms with Gasteiger partial charge in [-0.1, -0.05) is 27.2 Å². The van der Waals surface area contributed by atoms with Gasteiger partial charge in [0.2, 0.25) is 0 Å². The van der Waals surface area contributed by atoms with Crippen LogP contribution < -0.4 is 5.32 Å². The molecule has 1 unspecified atom stereocenters. The second-order valence-electron chi connectivity index (χ2n) is 6.18. The summed E-state index contributed by atoms with van der Waals surface area (Å²) in [6, 6.07) is 0.662. The predicted octanol–water partition coefficient (Wildman–Crippen LogP) is 3.59. The van der Waals surface area contributed by atoms with Crippen molar-refractivity contribution in [2.75, 3.05) is 6.54 Å². The van der Waals surface area contributed by atoms with Crippen molar-refractivity contribution < 1.29 is 0 Å². The molecular formula is C14H27N. The molecule has 0 aliphatic heterocycles. The Hall–Kier alpha value is -0.0400. The van der Waals surface area contributed by atoms with Crippen molar-refractivity contribution >= 4 is 0 Å². The maximum Gasteiger partial charge on any atom is 0.00104 e. The zero-order chi connectivity index (χ0) is 10.9. The van der Waals surface area contributed by atoms with Gasteiger partial charge >= 0.3 is 0 Å². The molecule has 2 aliphatic rings. The van der Waals surface area contributed by atoms with Crippen LogP contribution >= 0.6 is 0 Å². The van der Waals surface area contributed by atoms with Gasteiger partial charge < -0.3 is 5.32 Å². The molecule has 0 heterocycles. The minimum absolute atomic E-state index is 0.662. The summed E-state index contributed by atoms with van der Waals surface area (Å²) in [5, 5.41) is 3.60. The van der Waals surface area contributed by atoms with Crippen molar-refractivity contribution in [1.82, 2.24) is 5.32 Å². The third-order valence-electron chi connectivity index (χ3n) is 4.81. The molecule has 88 valence electrons. The first-order valence-corrected chi connectivity index (χ1v) is 6.89. The van der Waals surface area contributed by atoms with Crippen molar-refractivity contribution in [2.24, 2.45) is 17.3 Å². The van der Waals surface area contributed by atoms with Gasteiger partial charge in [-0.2, -0.15) is 0 Å². The van der Waals surface area contributed by atoms with E-state index in [1.807, 2.05) is 0 Å². The molecule has 1 atom stereocenters. The SMILES string of the molecule is CCC1CCC2(CC1)CC2CNC(C)C. The average molecular weight is 209 g/mol. The van der Waals surface area contributed by atoms with Crippen LogP contribution in [-0.2, 0) is 0 Å². The van der Waals surface area contributed by atoms with Gasteiger partial charge in [0.15, 0.2) is 0 Å². The number of hydrogen-bond acceptors (Lipinski definition) is 1. The largest absolute Gasteiger partial charge is 0.314 e. The second kappa shape index (κ2) is 4.45. The second-order valence-corrected chi connectivity index (χ2v) is 6.18. The van der Waals surface area contributed by atoms with Crippen LogP contribution in [0.4, 0.5) is 0 Å². The lowest BCUT2D eigenvalue weighted by Crippen LogP contribution is -2.27. The number of hydrogen-bond donors (Lipinski definition) is 1. The third kappa shape index (κ3) is 2.55. The van der Waals surface area contributed by atoms with E-state index in [1.165, 1.54) is 45.1 Å². The molecule has 0 radical (unpaired) electrons. The molecule has 0 bridgehead atoms. The molecule has 2 rings (SSSR count). The Morgan fingerprint density at radius 2 is 1.93 bits per heavy atom. The number of nitrogens with one attached hydrogen (secondary N) is 1. The molecule has 1 spiro atoms. The number of rotatable bonds is 4. The summed E-state index contributed by atoms with van der Waals surface area (Å²) < 4.78 is 0. The summed E-state index contributed by atoms with van der Waals surface area (Å²) in [6.07, 6.45) is 8.99. The molecular weight excluding hydrogens is 182 g/mol. The molecule has 0 saturated heterocycles. The smallest absolute Gasteiger partial charge is 0.00104 e. The highest BCUT2D eigenvalue weighted by Gasteiger charge is 2.53. The Morgan fingerprint density at radius 3 is 2.47 bits per heavy atom. The van der Waals surface area contributed by atoms with Crippen LogP contribution in [0.3, 0.4) is 0 Å². The quantitative estimate of drug-likeness (QED) is 0.746. The summed E-state index contributed by atoms with van der Waals surface area (Å²) in [5.74, 6) is 2.06. The highest BCUT2D eigenvalue weighted by Crippen LogP contribution is 2.62. The van der Waals surface area contributed by atoms with E-state index in [9.17, 15) is 0 Å². The normalized spacial score (nSPS) is 40.0. The average Bonchev–Trinajstić information content (AvgIpc) is 2.90. The monoisotopic (exact) mass is 209 g/mol. The van der Waals surface area contributed by atoms with Crippen molar-refractivity contribution in [3.8, 4) is 0 Å². The van der Waals surface area contributed by atoms with Gasteiger partial charge in [-0.05, 0) is 55.9 Å². The maximum absolute atomic E-state index is 3.60. The Kier molecular flexibility index (Phi) is 3.39. The zero-order valence-corrected chi connectivity index (χ0v) is 10.7. The van der Waals surface area contributed by atoms with E-state index in [1.54, 1.807) is 0 Å². The summed E-state index contributed by atoms with van der Waals surface area (Å²) in [7, 11) is 0. The van der Waals surface area contributed by atoms with Crippen LogP contribution in [0.1, 0.15) is 59.3 Å². The van der Waals surface area contributed by atoms with E-state index in [0.717, 1.165) is 17.3 Å². The van der Waals surface area contributed by atoms with Gasteiger partial charge in [-0.15, -0.1) is 0 Å². The van der Waals surface area contributed by atoms with Crippen LogP contribution in [0.2, 0.25) is 0 Å². The zero-order valence-electron chi connectivity index (χ0n) is 10.7. The fourth-order valence-corrected chi connectivity index (χ4v) is 3.37. The first-order chi connectivity index (χ1) is 7.16. The minimum Gasteiger partial charge on any atom is -0.314 e. The van der Waals surface area contributed by atoms with Crippen molar-refractivity contribution in [3.05, 3.63) is 0 Å². The van der Waals surface area contributed by atoms with Gasteiger partial charge in [0.1, 0.15) is 0 Å². The van der Waals surface area contributed by atoms with Gasteiger partial charge in [-0.3, -0.25) is 0 Å². The molecule has 1 heteroatoms. The first kappa shape index (κ1) is 11.4. The summed E-state index contributed by atoms with van der Waals surface area (Å²) in [4.78, 5) is 0. The Bertz CT molecular complexity index is 201. The molecule has 0 aromatic rings. The van der Waals surface area contributed by atoms with Crippen LogP contribution in [0, 0.1) is 17.3 Å². The van der Waals surface area contributed by atoms with Crippen LogP contribution in [-0.4, -0.2) is 12.6 Å². The minimum atomic E-state index is 0.662. The van der Waals surface area contributed by atoms with Crippen molar-refractivity contribution in [3.63, 3.8) is 0 Å². The third-order valence-corrected chi connectivity index (χ3v) is 4.81. The molecule has 2 saturated carbocycles. The molecule has 1 N–H and O–H groups in total. The lowest BCUT2D eigenvalue weighted by Gasteiger charge is -2.29. The van der Waals surface area contributed by atoms with E-state index in [2.05, 4.69) is 26.1 Å². The summed E-state index contributed by atoms with van der Waals surface area (Å²) in [6.45, 7) is 8.13. The van der Waals surface area contributed by atoms with Crippen LogP contribution in [0.15, 0.2) is 0 Å². The highest BCUT2D eigenvalue weighted by molar-refractivity contribution is 5.05. The molecule has 0 amide bonds. The van der Waals surface area contributed by atoms with Gasteiger partial charge in [0.05, 0.1) is 0 Å². The van der Waals surface area contributed by atoms with Gasteiger partial charge in [-0.25, -0.2) is 0 Å². The molecule has 15 heavy (non-hydrogen) atoms. The summed E-state index contributed by atoms with van der Waals surface area (Å²) in [5.41, 5.74) is 0.799. The standard InChI is InChI=1S/C14H27N/c1-4-12-5-7-14(8-6-12)9-13(14)10-15-11(2)3/h11-13,15H,4-10H2,1-3H3. The van der Waals surface area contributed by atoms with Crippen LogP contribution in [0.5, 0.6) is 0 Å². The van der Waals surface area contributed by atoms with Crippen molar-refractivity contribution in [1.29, 1.82) is 0 Å². The Labute approximate surface area is 95.0 Å². The van der Waals surface area contributed by atoms with E-state index in [0.29, 0.717) is 6.04 Å². The summed E-state index contributed by atoms with van der Waals surface area (Å²) >= 11 is 0. The fraction of sp³-hybridized carbons (Fsp3) is 1.00. The van der Waals surface area contributed by atoms with E-state index in [-0.39, 0.29) is 0 Å². The topological polar surface area (TPSA) is 12.0 Å². The molecule has 2 fully saturated rings. The Balaban J connectivity index is 1.72. The van der Waals surface area contributed by atoms with E-state index < -0.39 is 0 Å². The lowest BCUT2D eigenvalue weighted by molar-refractivity contribution is 0.232. The molecule has 0 aromatic heterocycles. The Morgan fingerprint density at radius 1 is 1.27 bits per heavy atom. The van der Waals surface area contributed by atoms with Crippen molar-refractivity contribution in [2.45, 2.75) is 65.3 Å². The highest BCUT2D eigenvalue weighted by atomic mass is 14.9. The maximum atomic E-state index is 3.60. The molecule has 0 aromatic carbocycles. The van der Waals surface area contributed by atoms with E-state index in [4.69, 9.17) is 0 Å². The first-order valence-electron chi connectivity index (χ1n) is 6.89. The van der Waals surface area contributed by atoms with Gasteiger partial charge in [0.25, 0.3) is 0 Å². The van der Waals surface area contributed by atoms with E-state index >= 15 is 0 Å².